The molecule has 0 spiro atoms. The normalized spacial score (nSPS) is 15.0. The second-order valence-corrected chi connectivity index (χ2v) is 6.59. The average Bonchev–Trinajstić information content (AvgIpc) is 2.67. The van der Waals surface area contributed by atoms with E-state index in [4.69, 9.17) is 0 Å². The van der Waals surface area contributed by atoms with Gasteiger partial charge in [0.15, 0.2) is 0 Å². The minimum atomic E-state index is -0.189. The van der Waals surface area contributed by atoms with Crippen molar-refractivity contribution in [3.63, 3.8) is 0 Å². The molecule has 0 bridgehead atoms. The Morgan fingerprint density at radius 1 is 1.08 bits per heavy atom. The lowest BCUT2D eigenvalue weighted by Gasteiger charge is -2.31. The van der Waals surface area contributed by atoms with Crippen LogP contribution >= 0.6 is 0 Å². The van der Waals surface area contributed by atoms with Crippen LogP contribution in [0.1, 0.15) is 30.9 Å². The molecule has 25 heavy (non-hydrogen) atoms. The van der Waals surface area contributed by atoms with Crippen LogP contribution in [0.15, 0.2) is 42.9 Å². The third-order valence-corrected chi connectivity index (χ3v) is 4.57. The third-order valence-electron chi connectivity index (χ3n) is 4.57. The topological polar surface area (TPSA) is 70.2 Å². The van der Waals surface area contributed by atoms with Crippen LogP contribution in [0.4, 0.5) is 10.6 Å². The van der Waals surface area contributed by atoms with Crippen molar-refractivity contribution in [2.24, 2.45) is 5.92 Å². The lowest BCUT2D eigenvalue weighted by Crippen LogP contribution is -2.35. The Kier molecular flexibility index (Phi) is 5.82. The summed E-state index contributed by atoms with van der Waals surface area (Å²) in [6.45, 7) is 5.40. The van der Waals surface area contributed by atoms with Gasteiger partial charge in [-0.2, -0.15) is 0 Å². The molecule has 1 aliphatic heterocycles. The molecule has 2 N–H and O–H groups in total. The van der Waals surface area contributed by atoms with E-state index in [0.717, 1.165) is 36.0 Å². The molecule has 2 aromatic heterocycles. The average molecular weight is 339 g/mol. The second-order valence-electron chi connectivity index (χ2n) is 6.59. The lowest BCUT2D eigenvalue weighted by molar-refractivity contribution is 0.240. The third kappa shape index (κ3) is 5.17. The molecule has 1 aliphatic rings. The van der Waals surface area contributed by atoms with Crippen molar-refractivity contribution in [1.29, 1.82) is 0 Å². The van der Waals surface area contributed by atoms with Gasteiger partial charge in [-0.3, -0.25) is 4.98 Å². The van der Waals surface area contributed by atoms with E-state index in [2.05, 4.69) is 32.4 Å². The number of nitrogens with zero attached hydrogens (tertiary/aromatic N) is 3. The van der Waals surface area contributed by atoms with Gasteiger partial charge in [0, 0.05) is 44.8 Å². The zero-order valence-corrected chi connectivity index (χ0v) is 14.6. The van der Waals surface area contributed by atoms with Crippen molar-refractivity contribution in [3.8, 4) is 0 Å². The number of aromatic nitrogens is 2. The standard InChI is InChI=1S/C19H25N5O/c1-15-6-10-24(11-7-15)18-3-2-17(13-21-18)14-23-19(25)22-12-16-4-8-20-9-5-16/h2-5,8-9,13,15H,6-7,10-12,14H2,1H3,(H2,22,23,25). The lowest BCUT2D eigenvalue weighted by atomic mass is 9.99. The molecule has 3 rings (SSSR count). The van der Waals surface area contributed by atoms with E-state index in [1.807, 2.05) is 30.5 Å². The van der Waals surface area contributed by atoms with Crippen molar-refractivity contribution >= 4 is 11.8 Å². The Morgan fingerprint density at radius 2 is 1.76 bits per heavy atom. The molecule has 0 saturated carbocycles. The Hall–Kier alpha value is -2.63. The van der Waals surface area contributed by atoms with Crippen LogP contribution in [0.2, 0.25) is 0 Å². The van der Waals surface area contributed by atoms with E-state index in [1.165, 1.54) is 12.8 Å². The maximum atomic E-state index is 11.9. The number of urea groups is 1. The van der Waals surface area contributed by atoms with Crippen LogP contribution in [-0.4, -0.2) is 29.1 Å². The van der Waals surface area contributed by atoms with E-state index in [0.29, 0.717) is 13.1 Å². The van der Waals surface area contributed by atoms with Gasteiger partial charge in [-0.25, -0.2) is 9.78 Å². The number of nitrogens with one attached hydrogen (secondary N) is 2. The van der Waals surface area contributed by atoms with Crippen molar-refractivity contribution in [3.05, 3.63) is 54.0 Å². The number of carbonyl (C=O) groups excluding carboxylic acids is 1. The number of pyridine rings is 2. The van der Waals surface area contributed by atoms with Gasteiger partial charge in [0.05, 0.1) is 0 Å². The highest BCUT2D eigenvalue weighted by Crippen LogP contribution is 2.21. The molecule has 1 saturated heterocycles. The summed E-state index contributed by atoms with van der Waals surface area (Å²) in [6, 6.07) is 7.64. The molecule has 0 radical (unpaired) electrons. The molecular formula is C19H25N5O. The van der Waals surface area contributed by atoms with Crippen LogP contribution in [0.5, 0.6) is 0 Å². The maximum absolute atomic E-state index is 11.9. The molecule has 132 valence electrons. The first-order valence-electron chi connectivity index (χ1n) is 8.81. The molecule has 6 nitrogen and oxygen atoms in total. The molecule has 2 aromatic rings. The predicted octanol–water partition coefficient (Wildman–Crippen LogP) is 2.71. The second kappa shape index (κ2) is 8.46. The van der Waals surface area contributed by atoms with Gasteiger partial charge in [-0.05, 0) is 48.1 Å². The monoisotopic (exact) mass is 339 g/mol. The highest BCUT2D eigenvalue weighted by atomic mass is 16.2. The fourth-order valence-corrected chi connectivity index (χ4v) is 2.87. The van der Waals surface area contributed by atoms with E-state index in [1.54, 1.807) is 12.4 Å². The van der Waals surface area contributed by atoms with Crippen molar-refractivity contribution < 1.29 is 4.79 Å². The number of anilines is 1. The summed E-state index contributed by atoms with van der Waals surface area (Å²) in [7, 11) is 0. The Bertz CT molecular complexity index is 666. The summed E-state index contributed by atoms with van der Waals surface area (Å²) in [5.74, 6) is 1.84. The number of hydrogen-bond acceptors (Lipinski definition) is 4. The summed E-state index contributed by atoms with van der Waals surface area (Å²) in [4.78, 5) is 22.7. The summed E-state index contributed by atoms with van der Waals surface area (Å²) >= 11 is 0. The highest BCUT2D eigenvalue weighted by molar-refractivity contribution is 5.73. The molecular weight excluding hydrogens is 314 g/mol. The van der Waals surface area contributed by atoms with Crippen molar-refractivity contribution in [2.45, 2.75) is 32.9 Å². The Labute approximate surface area is 148 Å². The molecule has 1 fully saturated rings. The SMILES string of the molecule is CC1CCN(c2ccc(CNC(=O)NCc3ccncc3)cn2)CC1. The first-order chi connectivity index (χ1) is 12.2. The summed E-state index contributed by atoms with van der Waals surface area (Å²) < 4.78 is 0. The highest BCUT2D eigenvalue weighted by Gasteiger charge is 2.16. The van der Waals surface area contributed by atoms with Crippen LogP contribution < -0.4 is 15.5 Å². The van der Waals surface area contributed by atoms with Gasteiger partial charge in [0.1, 0.15) is 5.82 Å². The molecule has 3 heterocycles. The number of carbonyl (C=O) groups is 1. The number of amides is 2. The predicted molar refractivity (Wildman–Crippen MR) is 98.2 cm³/mol. The zero-order valence-electron chi connectivity index (χ0n) is 14.6. The van der Waals surface area contributed by atoms with Gasteiger partial charge in [-0.1, -0.05) is 13.0 Å². The molecule has 0 aromatic carbocycles. The number of hydrogen-bond donors (Lipinski definition) is 2. The minimum Gasteiger partial charge on any atom is -0.357 e. The minimum absolute atomic E-state index is 0.189. The summed E-state index contributed by atoms with van der Waals surface area (Å²) in [5, 5.41) is 5.68. The van der Waals surface area contributed by atoms with Crippen LogP contribution in [-0.2, 0) is 13.1 Å². The fourth-order valence-electron chi connectivity index (χ4n) is 2.87. The van der Waals surface area contributed by atoms with E-state index >= 15 is 0 Å². The smallest absolute Gasteiger partial charge is 0.315 e. The van der Waals surface area contributed by atoms with Crippen LogP contribution in [0.25, 0.3) is 0 Å². The summed E-state index contributed by atoms with van der Waals surface area (Å²) in [6.07, 6.45) is 7.72. The van der Waals surface area contributed by atoms with Gasteiger partial charge >= 0.3 is 6.03 Å². The van der Waals surface area contributed by atoms with Crippen LogP contribution in [0, 0.1) is 5.92 Å². The van der Waals surface area contributed by atoms with Gasteiger partial charge in [-0.15, -0.1) is 0 Å². The van der Waals surface area contributed by atoms with E-state index in [-0.39, 0.29) is 6.03 Å². The van der Waals surface area contributed by atoms with Gasteiger partial charge in [0.25, 0.3) is 0 Å². The van der Waals surface area contributed by atoms with Gasteiger partial charge in [0.2, 0.25) is 0 Å². The molecule has 0 aliphatic carbocycles. The molecule has 0 atom stereocenters. The molecule has 2 amide bonds. The van der Waals surface area contributed by atoms with Crippen molar-refractivity contribution in [2.75, 3.05) is 18.0 Å². The Morgan fingerprint density at radius 3 is 2.40 bits per heavy atom. The van der Waals surface area contributed by atoms with Gasteiger partial charge < -0.3 is 15.5 Å². The van der Waals surface area contributed by atoms with Crippen molar-refractivity contribution in [1.82, 2.24) is 20.6 Å². The first-order valence-corrected chi connectivity index (χ1v) is 8.81. The number of rotatable bonds is 5. The van der Waals surface area contributed by atoms with Crippen LogP contribution in [0.3, 0.4) is 0 Å². The molecule has 6 heteroatoms. The fraction of sp³-hybridized carbons (Fsp3) is 0.421. The maximum Gasteiger partial charge on any atom is 0.315 e. The zero-order chi connectivity index (χ0) is 17.5. The number of piperidine rings is 1. The Balaban J connectivity index is 1.43. The van der Waals surface area contributed by atoms with E-state index < -0.39 is 0 Å². The van der Waals surface area contributed by atoms with E-state index in [9.17, 15) is 4.79 Å². The quantitative estimate of drug-likeness (QED) is 0.879. The molecule has 0 unspecified atom stereocenters. The largest absolute Gasteiger partial charge is 0.357 e. The first kappa shape index (κ1) is 17.2. The summed E-state index contributed by atoms with van der Waals surface area (Å²) in [5.41, 5.74) is 2.01.